The van der Waals surface area contributed by atoms with Gasteiger partial charge in [-0.2, -0.15) is 0 Å². The molecule has 1 amide bonds. The van der Waals surface area contributed by atoms with E-state index in [0.29, 0.717) is 13.1 Å². The summed E-state index contributed by atoms with van der Waals surface area (Å²) in [6.07, 6.45) is 1.42. The molecule has 1 unspecified atom stereocenters. The number of carbonyl (C=O) groups is 1. The number of hydrogen-bond donors (Lipinski definition) is 1. The molecule has 0 aromatic heterocycles. The standard InChI is InChI=1S/C13H16FN3O4/c1-21-8-3-2-6-16(7-8)13(18)11-9(14)4-5-10(12(11)15)17(19)20/h4-5,8H,2-3,6-7,15H2,1H3. The number of methoxy groups -OCH3 is 1. The summed E-state index contributed by atoms with van der Waals surface area (Å²) in [7, 11) is 1.54. The molecule has 0 saturated carbocycles. The van der Waals surface area contributed by atoms with Crippen molar-refractivity contribution >= 4 is 17.3 Å². The number of nitrogen functional groups attached to an aromatic ring is 1. The van der Waals surface area contributed by atoms with Gasteiger partial charge in [-0.05, 0) is 18.9 Å². The first-order valence-corrected chi connectivity index (χ1v) is 6.50. The molecule has 0 spiro atoms. The van der Waals surface area contributed by atoms with Crippen molar-refractivity contribution in [2.75, 3.05) is 25.9 Å². The number of benzene rings is 1. The molecule has 1 aliphatic rings. The predicted octanol–water partition coefficient (Wildman–Crippen LogP) is 1.57. The van der Waals surface area contributed by atoms with Gasteiger partial charge >= 0.3 is 0 Å². The number of halogens is 1. The van der Waals surface area contributed by atoms with Crippen LogP contribution in [0.25, 0.3) is 0 Å². The van der Waals surface area contributed by atoms with Gasteiger partial charge in [0.15, 0.2) is 0 Å². The number of carbonyl (C=O) groups excluding carboxylic acids is 1. The van der Waals surface area contributed by atoms with Gasteiger partial charge in [-0.25, -0.2) is 4.39 Å². The third-order valence-electron chi connectivity index (χ3n) is 3.58. The van der Waals surface area contributed by atoms with Gasteiger partial charge < -0.3 is 15.4 Å². The van der Waals surface area contributed by atoms with Crippen LogP contribution in [0.3, 0.4) is 0 Å². The number of hydrogen-bond acceptors (Lipinski definition) is 5. The number of amides is 1. The molecule has 2 N–H and O–H groups in total. The Hall–Kier alpha value is -2.22. The van der Waals surface area contributed by atoms with Crippen molar-refractivity contribution in [2.45, 2.75) is 18.9 Å². The molecule has 114 valence electrons. The molecule has 8 heteroatoms. The SMILES string of the molecule is COC1CCCN(C(=O)c2c(F)ccc([N+](=O)[O-])c2N)C1. The molecular formula is C13H16FN3O4. The Morgan fingerprint density at radius 1 is 1.57 bits per heavy atom. The highest BCUT2D eigenvalue weighted by atomic mass is 19.1. The second-order valence-electron chi connectivity index (χ2n) is 4.86. The molecule has 7 nitrogen and oxygen atoms in total. The Bertz CT molecular complexity index is 579. The van der Waals surface area contributed by atoms with Gasteiger partial charge in [0.1, 0.15) is 17.1 Å². The zero-order valence-electron chi connectivity index (χ0n) is 11.5. The molecule has 0 aliphatic carbocycles. The van der Waals surface area contributed by atoms with Crippen molar-refractivity contribution in [1.82, 2.24) is 4.90 Å². The monoisotopic (exact) mass is 297 g/mol. The second kappa shape index (κ2) is 6.04. The van der Waals surface area contributed by atoms with Gasteiger partial charge in [-0.1, -0.05) is 0 Å². The van der Waals surface area contributed by atoms with E-state index in [9.17, 15) is 19.3 Å². The number of rotatable bonds is 3. The van der Waals surface area contributed by atoms with E-state index in [-0.39, 0.29) is 6.10 Å². The molecule has 1 saturated heterocycles. The summed E-state index contributed by atoms with van der Waals surface area (Å²) < 4.78 is 19.1. The molecular weight excluding hydrogens is 281 g/mol. The van der Waals surface area contributed by atoms with Gasteiger partial charge in [0.25, 0.3) is 11.6 Å². The summed E-state index contributed by atoms with van der Waals surface area (Å²) in [5.74, 6) is -1.50. The fourth-order valence-corrected chi connectivity index (χ4v) is 2.43. The number of nitro groups is 1. The lowest BCUT2D eigenvalue weighted by molar-refractivity contribution is -0.384. The highest BCUT2D eigenvalue weighted by Gasteiger charge is 2.30. The van der Waals surface area contributed by atoms with Crippen LogP contribution in [0.2, 0.25) is 0 Å². The molecule has 21 heavy (non-hydrogen) atoms. The van der Waals surface area contributed by atoms with Crippen LogP contribution in [0, 0.1) is 15.9 Å². The molecule has 1 heterocycles. The fraction of sp³-hybridized carbons (Fsp3) is 0.462. The minimum atomic E-state index is -0.859. The van der Waals surface area contributed by atoms with E-state index in [2.05, 4.69) is 0 Å². The maximum absolute atomic E-state index is 13.9. The average Bonchev–Trinajstić information content (AvgIpc) is 2.46. The van der Waals surface area contributed by atoms with E-state index >= 15 is 0 Å². The highest BCUT2D eigenvalue weighted by Crippen LogP contribution is 2.29. The minimum Gasteiger partial charge on any atom is -0.392 e. The van der Waals surface area contributed by atoms with Crippen molar-refractivity contribution in [3.05, 3.63) is 33.6 Å². The molecule has 1 aliphatic heterocycles. The Morgan fingerprint density at radius 3 is 2.90 bits per heavy atom. The van der Waals surface area contributed by atoms with E-state index in [1.165, 1.54) is 4.90 Å². The van der Waals surface area contributed by atoms with E-state index in [1.54, 1.807) is 7.11 Å². The van der Waals surface area contributed by atoms with Gasteiger partial charge in [0.2, 0.25) is 0 Å². The molecule has 0 bridgehead atoms. The summed E-state index contributed by atoms with van der Waals surface area (Å²) in [6.45, 7) is 0.761. The molecule has 1 aromatic carbocycles. The van der Waals surface area contributed by atoms with Gasteiger partial charge in [0.05, 0.1) is 11.0 Å². The highest BCUT2D eigenvalue weighted by molar-refractivity contribution is 6.01. The molecule has 2 rings (SSSR count). The van der Waals surface area contributed by atoms with Crippen LogP contribution in [0.5, 0.6) is 0 Å². The maximum Gasteiger partial charge on any atom is 0.293 e. The minimum absolute atomic E-state index is 0.120. The number of anilines is 1. The molecule has 0 radical (unpaired) electrons. The lowest BCUT2D eigenvalue weighted by Gasteiger charge is -2.32. The molecule has 1 aromatic rings. The van der Waals surface area contributed by atoms with Crippen LogP contribution in [0.15, 0.2) is 12.1 Å². The van der Waals surface area contributed by atoms with Crippen LogP contribution in [0.4, 0.5) is 15.8 Å². The first-order valence-electron chi connectivity index (χ1n) is 6.50. The van der Waals surface area contributed by atoms with E-state index in [0.717, 1.165) is 25.0 Å². The van der Waals surface area contributed by atoms with Crippen molar-refractivity contribution in [2.24, 2.45) is 0 Å². The third kappa shape index (κ3) is 2.94. The smallest absolute Gasteiger partial charge is 0.293 e. The number of piperidine rings is 1. The van der Waals surface area contributed by atoms with Crippen LogP contribution in [-0.4, -0.2) is 42.0 Å². The fourth-order valence-electron chi connectivity index (χ4n) is 2.43. The topological polar surface area (TPSA) is 98.7 Å². The van der Waals surface area contributed by atoms with Gasteiger partial charge in [-0.3, -0.25) is 14.9 Å². The first kappa shape index (κ1) is 15.2. The Kier molecular flexibility index (Phi) is 4.37. The van der Waals surface area contributed by atoms with E-state index in [1.807, 2.05) is 0 Å². The normalized spacial score (nSPS) is 18.6. The number of likely N-dealkylation sites (tertiary alicyclic amines) is 1. The summed E-state index contributed by atoms with van der Waals surface area (Å²) in [5, 5.41) is 10.8. The van der Waals surface area contributed by atoms with Crippen LogP contribution < -0.4 is 5.73 Å². The molecule has 1 fully saturated rings. The summed E-state index contributed by atoms with van der Waals surface area (Å²) >= 11 is 0. The Labute approximate surface area is 120 Å². The van der Waals surface area contributed by atoms with E-state index < -0.39 is 33.6 Å². The van der Waals surface area contributed by atoms with Gasteiger partial charge in [0, 0.05) is 26.3 Å². The Balaban J connectivity index is 2.34. The average molecular weight is 297 g/mol. The summed E-state index contributed by atoms with van der Waals surface area (Å²) in [4.78, 5) is 23.9. The van der Waals surface area contributed by atoms with Crippen molar-refractivity contribution in [3.63, 3.8) is 0 Å². The summed E-state index contributed by atoms with van der Waals surface area (Å²) in [6, 6.07) is 1.84. The van der Waals surface area contributed by atoms with Crippen LogP contribution in [0.1, 0.15) is 23.2 Å². The Morgan fingerprint density at radius 2 is 2.29 bits per heavy atom. The first-order chi connectivity index (χ1) is 9.95. The predicted molar refractivity (Wildman–Crippen MR) is 73.4 cm³/mol. The zero-order chi connectivity index (χ0) is 15.6. The molecule has 1 atom stereocenters. The number of nitro benzene ring substituents is 1. The second-order valence-corrected chi connectivity index (χ2v) is 4.86. The zero-order valence-corrected chi connectivity index (χ0v) is 11.5. The van der Waals surface area contributed by atoms with Crippen molar-refractivity contribution < 1.29 is 18.8 Å². The number of nitrogens with zero attached hydrogens (tertiary/aromatic N) is 2. The quantitative estimate of drug-likeness (QED) is 0.518. The van der Waals surface area contributed by atoms with Crippen LogP contribution in [-0.2, 0) is 4.74 Å². The number of ether oxygens (including phenoxy) is 1. The van der Waals surface area contributed by atoms with Crippen LogP contribution >= 0.6 is 0 Å². The van der Waals surface area contributed by atoms with Crippen molar-refractivity contribution in [3.8, 4) is 0 Å². The summed E-state index contributed by atoms with van der Waals surface area (Å²) in [5.41, 5.74) is 4.24. The van der Waals surface area contributed by atoms with Crippen molar-refractivity contribution in [1.29, 1.82) is 0 Å². The lowest BCUT2D eigenvalue weighted by Crippen LogP contribution is -2.43. The third-order valence-corrected chi connectivity index (χ3v) is 3.58. The number of nitrogens with two attached hydrogens (primary N) is 1. The maximum atomic E-state index is 13.9. The lowest BCUT2D eigenvalue weighted by atomic mass is 10.0. The largest absolute Gasteiger partial charge is 0.392 e. The van der Waals surface area contributed by atoms with E-state index in [4.69, 9.17) is 10.5 Å². The van der Waals surface area contributed by atoms with Gasteiger partial charge in [-0.15, -0.1) is 0 Å².